The lowest BCUT2D eigenvalue weighted by Crippen LogP contribution is -2.29. The summed E-state index contributed by atoms with van der Waals surface area (Å²) in [6.45, 7) is 2.14. The summed E-state index contributed by atoms with van der Waals surface area (Å²) in [5, 5.41) is 11.4. The predicted octanol–water partition coefficient (Wildman–Crippen LogP) is 0.00570. The molecule has 0 radical (unpaired) electrons. The Kier molecular flexibility index (Phi) is 3.76. The molecular weight excluding hydrogens is 158 g/mol. The standard InChI is InChI=1S/C8H13NO3/c10-8(11)2-1-4-9-7-3-5-12-6-7/h1-2,7,9H,3-6H2,(H,10,11). The van der Waals surface area contributed by atoms with Gasteiger partial charge in [0.2, 0.25) is 0 Å². The molecule has 1 atom stereocenters. The highest BCUT2D eigenvalue weighted by molar-refractivity contribution is 5.79. The number of carbonyl (C=O) groups is 1. The molecule has 0 spiro atoms. The van der Waals surface area contributed by atoms with E-state index in [9.17, 15) is 4.79 Å². The number of carboxylic acid groups (broad SMARTS) is 1. The number of carboxylic acids is 1. The van der Waals surface area contributed by atoms with Gasteiger partial charge < -0.3 is 15.2 Å². The van der Waals surface area contributed by atoms with Crippen LogP contribution in [0.1, 0.15) is 6.42 Å². The highest BCUT2D eigenvalue weighted by Gasteiger charge is 2.13. The number of hydrogen-bond acceptors (Lipinski definition) is 3. The van der Waals surface area contributed by atoms with Crippen molar-refractivity contribution < 1.29 is 14.6 Å². The quantitative estimate of drug-likeness (QED) is 0.585. The largest absolute Gasteiger partial charge is 0.478 e. The first-order chi connectivity index (χ1) is 5.79. The molecule has 0 bridgehead atoms. The summed E-state index contributed by atoms with van der Waals surface area (Å²) in [5.74, 6) is -0.903. The van der Waals surface area contributed by atoms with E-state index in [1.165, 1.54) is 0 Å². The van der Waals surface area contributed by atoms with Gasteiger partial charge in [0, 0.05) is 25.3 Å². The summed E-state index contributed by atoms with van der Waals surface area (Å²) in [6, 6.07) is 0.392. The molecule has 1 rings (SSSR count). The molecular formula is C8H13NO3. The van der Waals surface area contributed by atoms with Gasteiger partial charge in [-0.3, -0.25) is 0 Å². The van der Waals surface area contributed by atoms with Crippen LogP contribution >= 0.6 is 0 Å². The lowest BCUT2D eigenvalue weighted by atomic mass is 10.2. The summed E-state index contributed by atoms with van der Waals surface area (Å²) in [5.41, 5.74) is 0. The van der Waals surface area contributed by atoms with Gasteiger partial charge in [0.15, 0.2) is 0 Å². The van der Waals surface area contributed by atoms with E-state index in [0.717, 1.165) is 25.7 Å². The molecule has 1 unspecified atom stereocenters. The first kappa shape index (κ1) is 9.22. The molecule has 1 aliphatic rings. The first-order valence-electron chi connectivity index (χ1n) is 3.99. The molecule has 0 aliphatic carbocycles. The van der Waals surface area contributed by atoms with E-state index in [1.54, 1.807) is 6.08 Å². The second kappa shape index (κ2) is 4.90. The fraction of sp³-hybridized carbons (Fsp3) is 0.625. The summed E-state index contributed by atoms with van der Waals surface area (Å²) in [4.78, 5) is 10.1. The van der Waals surface area contributed by atoms with Gasteiger partial charge in [-0.1, -0.05) is 6.08 Å². The van der Waals surface area contributed by atoms with Crippen molar-refractivity contribution in [2.24, 2.45) is 0 Å². The zero-order valence-corrected chi connectivity index (χ0v) is 6.82. The van der Waals surface area contributed by atoms with Crippen molar-refractivity contribution in [1.82, 2.24) is 5.32 Å². The van der Waals surface area contributed by atoms with Crippen molar-refractivity contribution in [1.29, 1.82) is 0 Å². The van der Waals surface area contributed by atoms with E-state index < -0.39 is 5.97 Å². The van der Waals surface area contributed by atoms with Crippen molar-refractivity contribution in [3.63, 3.8) is 0 Å². The molecule has 0 aromatic carbocycles. The summed E-state index contributed by atoms with van der Waals surface area (Å²) in [7, 11) is 0. The fourth-order valence-corrected chi connectivity index (χ4v) is 1.09. The summed E-state index contributed by atoms with van der Waals surface area (Å²) in [6.07, 6.45) is 3.75. The van der Waals surface area contributed by atoms with Crippen LogP contribution in [0.2, 0.25) is 0 Å². The maximum atomic E-state index is 10.1. The van der Waals surface area contributed by atoms with Gasteiger partial charge in [0.25, 0.3) is 0 Å². The Hall–Kier alpha value is -0.870. The molecule has 0 saturated carbocycles. The maximum absolute atomic E-state index is 10.1. The van der Waals surface area contributed by atoms with Gasteiger partial charge in [-0.25, -0.2) is 4.79 Å². The van der Waals surface area contributed by atoms with Gasteiger partial charge in [-0.2, -0.15) is 0 Å². The molecule has 0 amide bonds. The Morgan fingerprint density at radius 2 is 2.58 bits per heavy atom. The van der Waals surface area contributed by atoms with Gasteiger partial charge in [0.05, 0.1) is 6.61 Å². The molecule has 0 aromatic heterocycles. The number of rotatable bonds is 4. The molecule has 2 N–H and O–H groups in total. The van der Waals surface area contributed by atoms with E-state index in [0.29, 0.717) is 12.6 Å². The zero-order valence-electron chi connectivity index (χ0n) is 6.82. The van der Waals surface area contributed by atoms with Gasteiger partial charge in [-0.05, 0) is 6.42 Å². The Bertz CT molecular complexity index is 173. The van der Waals surface area contributed by atoms with Gasteiger partial charge in [0.1, 0.15) is 0 Å². The number of aliphatic carboxylic acids is 1. The minimum atomic E-state index is -0.903. The molecule has 68 valence electrons. The van der Waals surface area contributed by atoms with E-state index >= 15 is 0 Å². The summed E-state index contributed by atoms with van der Waals surface area (Å²) < 4.78 is 5.13. The molecule has 1 saturated heterocycles. The Balaban J connectivity index is 2.05. The average Bonchev–Trinajstić information content (AvgIpc) is 2.49. The van der Waals surface area contributed by atoms with Crippen molar-refractivity contribution >= 4 is 5.97 Å². The van der Waals surface area contributed by atoms with Gasteiger partial charge >= 0.3 is 5.97 Å². The number of hydrogen-bond donors (Lipinski definition) is 2. The Labute approximate surface area is 71.2 Å². The smallest absolute Gasteiger partial charge is 0.328 e. The maximum Gasteiger partial charge on any atom is 0.328 e. The van der Waals surface area contributed by atoms with E-state index in [1.807, 2.05) is 0 Å². The van der Waals surface area contributed by atoms with E-state index in [2.05, 4.69) is 5.32 Å². The van der Waals surface area contributed by atoms with Crippen molar-refractivity contribution in [3.05, 3.63) is 12.2 Å². The predicted molar refractivity (Wildman–Crippen MR) is 44.0 cm³/mol. The minimum absolute atomic E-state index is 0.392. The SMILES string of the molecule is O=C(O)C=CCNC1CCOC1. The van der Waals surface area contributed by atoms with Crippen LogP contribution < -0.4 is 5.32 Å². The zero-order chi connectivity index (χ0) is 8.81. The van der Waals surface area contributed by atoms with Crippen LogP contribution in [0.4, 0.5) is 0 Å². The average molecular weight is 171 g/mol. The lowest BCUT2D eigenvalue weighted by molar-refractivity contribution is -0.131. The minimum Gasteiger partial charge on any atom is -0.478 e. The topological polar surface area (TPSA) is 58.6 Å². The lowest BCUT2D eigenvalue weighted by Gasteiger charge is -2.06. The van der Waals surface area contributed by atoms with Crippen LogP contribution in [-0.2, 0) is 9.53 Å². The van der Waals surface area contributed by atoms with Gasteiger partial charge in [-0.15, -0.1) is 0 Å². The van der Waals surface area contributed by atoms with Crippen LogP contribution in [-0.4, -0.2) is 36.9 Å². The molecule has 4 nitrogen and oxygen atoms in total. The van der Waals surface area contributed by atoms with Crippen LogP contribution in [0.25, 0.3) is 0 Å². The van der Waals surface area contributed by atoms with Crippen molar-refractivity contribution in [2.75, 3.05) is 19.8 Å². The first-order valence-corrected chi connectivity index (χ1v) is 3.99. The van der Waals surface area contributed by atoms with E-state index in [-0.39, 0.29) is 0 Å². The third-order valence-electron chi connectivity index (χ3n) is 1.71. The molecule has 1 fully saturated rings. The highest BCUT2D eigenvalue weighted by atomic mass is 16.5. The molecule has 1 heterocycles. The monoisotopic (exact) mass is 171 g/mol. The second-order valence-electron chi connectivity index (χ2n) is 2.71. The molecule has 4 heteroatoms. The number of ether oxygens (including phenoxy) is 1. The normalized spacial score (nSPS) is 23.5. The van der Waals surface area contributed by atoms with Crippen molar-refractivity contribution in [3.8, 4) is 0 Å². The fourth-order valence-electron chi connectivity index (χ4n) is 1.09. The van der Waals surface area contributed by atoms with Crippen LogP contribution in [0.5, 0.6) is 0 Å². The molecule has 1 aliphatic heterocycles. The van der Waals surface area contributed by atoms with Crippen LogP contribution in [0, 0.1) is 0 Å². The highest BCUT2D eigenvalue weighted by Crippen LogP contribution is 2.02. The summed E-state index contributed by atoms with van der Waals surface area (Å²) >= 11 is 0. The van der Waals surface area contributed by atoms with E-state index in [4.69, 9.17) is 9.84 Å². The van der Waals surface area contributed by atoms with Crippen LogP contribution in [0.15, 0.2) is 12.2 Å². The van der Waals surface area contributed by atoms with Crippen molar-refractivity contribution in [2.45, 2.75) is 12.5 Å². The second-order valence-corrected chi connectivity index (χ2v) is 2.71. The molecule has 0 aromatic rings. The Morgan fingerprint density at radius 3 is 3.17 bits per heavy atom. The number of nitrogens with one attached hydrogen (secondary N) is 1. The third kappa shape index (κ3) is 3.50. The molecule has 12 heavy (non-hydrogen) atoms. The Morgan fingerprint density at radius 1 is 1.75 bits per heavy atom. The van der Waals surface area contributed by atoms with Crippen LogP contribution in [0.3, 0.4) is 0 Å². The third-order valence-corrected chi connectivity index (χ3v) is 1.71.